The number of hydrogen-bond acceptors (Lipinski definition) is 18. The summed E-state index contributed by atoms with van der Waals surface area (Å²) in [6.07, 6.45) is -7.15. The molecular weight excluding hydrogens is 1020 g/mol. The summed E-state index contributed by atoms with van der Waals surface area (Å²) in [5, 5.41) is 105. The Morgan fingerprint density at radius 2 is 0.734 bits per heavy atom. The van der Waals surface area contributed by atoms with E-state index in [-0.39, 0.29) is 0 Å². The highest BCUT2D eigenvalue weighted by molar-refractivity contribution is 6.32. The maximum atomic E-state index is 17.1. The molecule has 2 saturated heterocycles. The van der Waals surface area contributed by atoms with Gasteiger partial charge in [0, 0.05) is 38.9 Å². The van der Waals surface area contributed by atoms with Crippen LogP contribution in [0.5, 0.6) is 0 Å². The fourth-order valence-electron chi connectivity index (χ4n) is 10.6. The highest BCUT2D eigenvalue weighted by Gasteiger charge is 2.96. The Morgan fingerprint density at radius 3 is 1.06 bits per heavy atom. The molecule has 18 heteroatoms. The number of ketones is 7. The first-order valence-corrected chi connectivity index (χ1v) is 24.6. The summed E-state index contributed by atoms with van der Waals surface area (Å²) in [6, 6.07) is 40.1. The molecule has 2 aliphatic heterocycles. The highest BCUT2D eigenvalue weighted by atomic mass is 16.8. The molecule has 9 rings (SSSR count). The average Bonchev–Trinajstić information content (AvgIpc) is 1.19. The third-order valence-electron chi connectivity index (χ3n) is 14.6. The molecule has 8 N–H and O–H groups in total. The predicted octanol–water partition coefficient (Wildman–Crippen LogP) is 3.37. The maximum Gasteiger partial charge on any atom is 0.278 e. The van der Waals surface area contributed by atoms with E-state index in [9.17, 15) is 40.9 Å². The number of benzene rings is 7. The number of carbonyl (C=O) groups excluding carboxylic acids is 7. The lowest BCUT2D eigenvalue weighted by Crippen LogP contribution is -2.99. The zero-order valence-electron chi connectivity index (χ0n) is 41.5. The monoisotopic (exact) mass is 1070 g/mol. The van der Waals surface area contributed by atoms with Crippen LogP contribution in [0.15, 0.2) is 212 Å². The van der Waals surface area contributed by atoms with Crippen LogP contribution in [0, 0.1) is 0 Å². The number of carbonyl (C=O) groups is 7. The molecule has 0 aliphatic carbocycles. The standard InChI is InChI=1S/C61H50O18/c62-36-45-46(64)54(72)55(37-63,77-45)78-61(53(71)44-34-20-7-21-35-44)59(76,51(69)42-30-16-5-17-31-42)57(74,49(67)40-26-12-3-13-27-40)58(75,50(68)41-28-14-4-15-29-41)60(79-61,52(70)43-32-18-6-19-33-43)56(73,47(65)38-22-8-1-9-23-38)48(66)39-24-10-2-11-25-39/h1-35,45-46,54,62-64,72-76H,36-37H2/t45-,46-,54+,55?,57+,58+,59-,60-,61-/m1/s1. The minimum Gasteiger partial charge on any atom is -0.394 e. The molecule has 0 bridgehead atoms. The van der Waals surface area contributed by atoms with Crippen molar-refractivity contribution in [3.05, 3.63) is 251 Å². The van der Waals surface area contributed by atoms with Crippen molar-refractivity contribution in [1.29, 1.82) is 0 Å². The Bertz CT molecular complexity index is 3370. The van der Waals surface area contributed by atoms with E-state index in [0.29, 0.717) is 0 Å². The van der Waals surface area contributed by atoms with E-state index in [0.717, 1.165) is 84.9 Å². The van der Waals surface area contributed by atoms with Gasteiger partial charge in [-0.1, -0.05) is 212 Å². The quantitative estimate of drug-likeness (QED) is 0.0425. The largest absolute Gasteiger partial charge is 0.394 e. The number of rotatable bonds is 19. The van der Waals surface area contributed by atoms with Gasteiger partial charge in [-0.15, -0.1) is 0 Å². The summed E-state index contributed by atoms with van der Waals surface area (Å²) in [4.78, 5) is 116. The second kappa shape index (κ2) is 21.2. The van der Waals surface area contributed by atoms with E-state index >= 15 is 33.6 Å². The molecule has 1 unspecified atom stereocenters. The van der Waals surface area contributed by atoms with Crippen LogP contribution < -0.4 is 0 Å². The molecule has 79 heavy (non-hydrogen) atoms. The molecule has 9 atom stereocenters. The SMILES string of the molecule is O=C(c1ccccc1)C(O)(C(=O)c1ccccc1)[C@@]1(C(=O)c2ccccc2)O[C@](OC2(CO)O[C@H](CO)[C@@H](O)[C@@H]2O)(C(=O)c2ccccc2)[C@@](O)(C(=O)c2ccccc2)[C@](O)(C(=O)c2ccccc2)[C@@]1(O)C(=O)c1ccccc1. The van der Waals surface area contributed by atoms with Gasteiger partial charge < -0.3 is 55.1 Å². The zero-order valence-corrected chi connectivity index (χ0v) is 41.5. The van der Waals surface area contributed by atoms with Crippen LogP contribution in [0.3, 0.4) is 0 Å². The lowest BCUT2D eigenvalue weighted by atomic mass is 9.46. The molecule has 0 aromatic heterocycles. The third-order valence-corrected chi connectivity index (χ3v) is 14.6. The maximum absolute atomic E-state index is 17.1. The van der Waals surface area contributed by atoms with E-state index < -0.39 is 151 Å². The van der Waals surface area contributed by atoms with Gasteiger partial charge in [-0.05, 0) is 0 Å². The van der Waals surface area contributed by atoms with Gasteiger partial charge in [0.05, 0.1) is 6.61 Å². The second-order valence-corrected chi connectivity index (χ2v) is 19.0. The van der Waals surface area contributed by atoms with Crippen LogP contribution in [0.4, 0.5) is 0 Å². The molecule has 2 fully saturated rings. The summed E-state index contributed by atoms with van der Waals surface area (Å²) in [5.41, 5.74) is -30.5. The topological polar surface area (TPSA) is 309 Å². The van der Waals surface area contributed by atoms with Gasteiger partial charge in [-0.25, -0.2) is 0 Å². The van der Waals surface area contributed by atoms with Gasteiger partial charge in [0.2, 0.25) is 74.3 Å². The molecule has 0 spiro atoms. The number of ether oxygens (including phenoxy) is 3. The third kappa shape index (κ3) is 8.12. The zero-order chi connectivity index (χ0) is 56.6. The number of aliphatic hydroxyl groups excluding tert-OH is 4. The van der Waals surface area contributed by atoms with Crippen molar-refractivity contribution < 1.29 is 88.6 Å². The predicted molar refractivity (Wildman–Crippen MR) is 277 cm³/mol. The Kier molecular flexibility index (Phi) is 14.9. The first-order chi connectivity index (χ1) is 37.8. The van der Waals surface area contributed by atoms with Crippen molar-refractivity contribution in [2.24, 2.45) is 0 Å². The molecule has 2 aliphatic rings. The minimum absolute atomic E-state index is 0.719. The Balaban J connectivity index is 1.64. The second-order valence-electron chi connectivity index (χ2n) is 19.0. The van der Waals surface area contributed by atoms with Gasteiger partial charge in [-0.3, -0.25) is 33.6 Å². The Morgan fingerprint density at radius 1 is 0.430 bits per heavy atom. The van der Waals surface area contributed by atoms with Crippen molar-refractivity contribution in [2.75, 3.05) is 13.2 Å². The average molecular weight is 1070 g/mol. The smallest absolute Gasteiger partial charge is 0.278 e. The summed E-state index contributed by atoms with van der Waals surface area (Å²) in [7, 11) is 0. The lowest BCUT2D eigenvalue weighted by Gasteiger charge is -2.67. The molecule has 0 amide bonds. The van der Waals surface area contributed by atoms with Gasteiger partial charge in [0.15, 0.2) is 0 Å². The summed E-state index contributed by atoms with van der Waals surface area (Å²) < 4.78 is 19.2. The van der Waals surface area contributed by atoms with Crippen LogP contribution in [0.25, 0.3) is 0 Å². The van der Waals surface area contributed by atoms with Crippen LogP contribution in [0.1, 0.15) is 72.5 Å². The van der Waals surface area contributed by atoms with Gasteiger partial charge >= 0.3 is 0 Å². The molecule has 2 heterocycles. The van der Waals surface area contributed by atoms with E-state index in [4.69, 9.17) is 14.2 Å². The van der Waals surface area contributed by atoms with Gasteiger partial charge in [-0.2, -0.15) is 0 Å². The van der Waals surface area contributed by atoms with Crippen molar-refractivity contribution in [3.63, 3.8) is 0 Å². The summed E-state index contributed by atoms with van der Waals surface area (Å²) >= 11 is 0. The fraction of sp³-hybridized carbons (Fsp3) is 0.197. The van der Waals surface area contributed by atoms with E-state index in [2.05, 4.69) is 0 Å². The van der Waals surface area contributed by atoms with E-state index in [1.165, 1.54) is 127 Å². The molecule has 0 saturated carbocycles. The van der Waals surface area contributed by atoms with Gasteiger partial charge in [0.1, 0.15) is 24.9 Å². The minimum atomic E-state index is -5.15. The number of aliphatic hydroxyl groups is 8. The highest BCUT2D eigenvalue weighted by Crippen LogP contribution is 2.64. The number of hydrogen-bond donors (Lipinski definition) is 8. The molecular formula is C61H50O18. The van der Waals surface area contributed by atoms with Crippen molar-refractivity contribution in [3.8, 4) is 0 Å². The van der Waals surface area contributed by atoms with Crippen LogP contribution in [-0.2, 0) is 14.2 Å². The molecule has 0 radical (unpaired) electrons. The molecule has 402 valence electrons. The summed E-state index contributed by atoms with van der Waals surface area (Å²) in [6.45, 7) is -3.04. The summed E-state index contributed by atoms with van der Waals surface area (Å²) in [5.74, 6) is -23.0. The first-order valence-electron chi connectivity index (χ1n) is 24.6. The lowest BCUT2D eigenvalue weighted by molar-refractivity contribution is -0.457. The van der Waals surface area contributed by atoms with Crippen LogP contribution in [-0.4, -0.2) is 152 Å². The fourth-order valence-corrected chi connectivity index (χ4v) is 10.6. The molecule has 7 aromatic carbocycles. The first kappa shape index (κ1) is 55.5. The Labute approximate surface area is 450 Å². The van der Waals surface area contributed by atoms with Crippen LogP contribution >= 0.6 is 0 Å². The van der Waals surface area contributed by atoms with Crippen molar-refractivity contribution in [2.45, 2.75) is 57.9 Å². The van der Waals surface area contributed by atoms with Crippen molar-refractivity contribution >= 4 is 40.5 Å². The molecule has 18 nitrogen and oxygen atoms in total. The van der Waals surface area contributed by atoms with Gasteiger partial charge in [0.25, 0.3) is 5.79 Å². The van der Waals surface area contributed by atoms with E-state index in [1.807, 2.05) is 0 Å². The Hall–Kier alpha value is -8.21. The molecule has 7 aromatic rings. The normalized spacial score (nSPS) is 27.6. The van der Waals surface area contributed by atoms with Crippen molar-refractivity contribution in [1.82, 2.24) is 0 Å². The van der Waals surface area contributed by atoms with Crippen LogP contribution in [0.2, 0.25) is 0 Å². The van der Waals surface area contributed by atoms with E-state index in [1.54, 1.807) is 0 Å². The number of Topliss-reactive ketones (excluding diaryl/α,β-unsaturated/α-hetero) is 7.